The van der Waals surface area contributed by atoms with Crippen molar-refractivity contribution < 1.29 is 17.6 Å². The van der Waals surface area contributed by atoms with Gasteiger partial charge in [0.05, 0.1) is 14.6 Å². The summed E-state index contributed by atoms with van der Waals surface area (Å²) in [6.45, 7) is 1.92. The predicted molar refractivity (Wildman–Crippen MR) is 112 cm³/mol. The number of aromatic nitrogens is 1. The van der Waals surface area contributed by atoms with Gasteiger partial charge < -0.3 is 9.80 Å². The van der Waals surface area contributed by atoms with Gasteiger partial charge in [-0.15, -0.1) is 0 Å². The number of thiazole rings is 1. The lowest BCUT2D eigenvalue weighted by molar-refractivity contribution is -0.128. The molecule has 2 heterocycles. The van der Waals surface area contributed by atoms with Crippen molar-refractivity contribution in [1.29, 1.82) is 0 Å². The number of carbonyl (C=O) groups excluding carboxylic acids is 1. The Kier molecular flexibility index (Phi) is 5.46. The summed E-state index contributed by atoms with van der Waals surface area (Å²) < 4.78 is 38.8. The van der Waals surface area contributed by atoms with Crippen LogP contribution in [0.3, 0.4) is 0 Å². The number of hydrogen-bond donors (Lipinski definition) is 0. The van der Waals surface area contributed by atoms with Crippen molar-refractivity contribution in [1.82, 2.24) is 9.88 Å². The molecule has 0 N–H and O–H groups in total. The number of sulfone groups is 1. The van der Waals surface area contributed by atoms with Crippen molar-refractivity contribution in [2.75, 3.05) is 36.8 Å². The number of amides is 1. The molecule has 2 aromatic carbocycles. The molecular weight excluding hydrogens is 437 g/mol. The Morgan fingerprint density at radius 2 is 1.79 bits per heavy atom. The molecule has 6 nitrogen and oxygen atoms in total. The molecule has 1 aliphatic heterocycles. The fourth-order valence-electron chi connectivity index (χ4n) is 3.16. The van der Waals surface area contributed by atoms with Crippen LogP contribution in [0.2, 0.25) is 5.02 Å². The molecule has 0 bridgehead atoms. The fraction of sp³-hybridized carbons (Fsp3) is 0.263. The van der Waals surface area contributed by atoms with Crippen LogP contribution >= 0.6 is 22.9 Å². The molecule has 1 aromatic heterocycles. The van der Waals surface area contributed by atoms with E-state index >= 15 is 0 Å². The van der Waals surface area contributed by atoms with Gasteiger partial charge in [-0.25, -0.2) is 17.8 Å². The van der Waals surface area contributed by atoms with Gasteiger partial charge in [0.15, 0.2) is 15.0 Å². The van der Waals surface area contributed by atoms with Gasteiger partial charge in [0.2, 0.25) is 5.91 Å². The second-order valence-corrected chi connectivity index (χ2v) is 10.1. The molecule has 0 atom stereocenters. The highest BCUT2D eigenvalue weighted by molar-refractivity contribution is 7.92. The van der Waals surface area contributed by atoms with E-state index in [0.717, 1.165) is 27.5 Å². The van der Waals surface area contributed by atoms with Crippen LogP contribution in [0.5, 0.6) is 0 Å². The van der Waals surface area contributed by atoms with Crippen LogP contribution in [-0.4, -0.2) is 56.1 Å². The average molecular weight is 454 g/mol. The van der Waals surface area contributed by atoms with Crippen LogP contribution in [0.25, 0.3) is 10.2 Å². The number of piperazine rings is 1. The molecule has 152 valence electrons. The Morgan fingerprint density at radius 3 is 2.45 bits per heavy atom. The summed E-state index contributed by atoms with van der Waals surface area (Å²) in [5, 5.41) is 1.43. The van der Waals surface area contributed by atoms with E-state index in [1.165, 1.54) is 28.4 Å². The van der Waals surface area contributed by atoms with Gasteiger partial charge in [-0.1, -0.05) is 29.0 Å². The zero-order valence-electron chi connectivity index (χ0n) is 15.2. The van der Waals surface area contributed by atoms with Gasteiger partial charge >= 0.3 is 0 Å². The molecule has 1 aliphatic rings. The molecule has 0 radical (unpaired) electrons. The lowest BCUT2D eigenvalue weighted by atomic mass is 10.3. The fourth-order valence-corrected chi connectivity index (χ4v) is 5.71. The van der Waals surface area contributed by atoms with E-state index in [4.69, 9.17) is 11.6 Å². The molecule has 0 aliphatic carbocycles. The van der Waals surface area contributed by atoms with E-state index in [1.54, 1.807) is 6.07 Å². The lowest BCUT2D eigenvalue weighted by Crippen LogP contribution is -2.50. The average Bonchev–Trinajstić information content (AvgIpc) is 3.14. The Hall–Kier alpha value is -2.23. The second kappa shape index (κ2) is 7.89. The first-order chi connectivity index (χ1) is 13.8. The Balaban J connectivity index is 1.40. The summed E-state index contributed by atoms with van der Waals surface area (Å²) in [7, 11) is -3.81. The minimum Gasteiger partial charge on any atom is -0.345 e. The minimum absolute atomic E-state index is 0.0581. The molecule has 0 saturated carbocycles. The van der Waals surface area contributed by atoms with Crippen molar-refractivity contribution in [2.24, 2.45) is 0 Å². The Morgan fingerprint density at radius 1 is 1.10 bits per heavy atom. The van der Waals surface area contributed by atoms with E-state index in [0.29, 0.717) is 31.2 Å². The van der Waals surface area contributed by atoms with E-state index in [9.17, 15) is 17.6 Å². The van der Waals surface area contributed by atoms with Crippen LogP contribution in [0.15, 0.2) is 47.4 Å². The van der Waals surface area contributed by atoms with Crippen molar-refractivity contribution in [3.8, 4) is 0 Å². The van der Waals surface area contributed by atoms with E-state index in [1.807, 2.05) is 12.1 Å². The second-order valence-electron chi connectivity index (χ2n) is 6.66. The first-order valence-electron chi connectivity index (χ1n) is 8.89. The summed E-state index contributed by atoms with van der Waals surface area (Å²) in [5.74, 6) is -1.61. The van der Waals surface area contributed by atoms with Crippen LogP contribution in [0, 0.1) is 5.82 Å². The van der Waals surface area contributed by atoms with Gasteiger partial charge in [0.1, 0.15) is 17.1 Å². The summed E-state index contributed by atoms with van der Waals surface area (Å²) in [4.78, 5) is 20.7. The molecule has 0 unspecified atom stereocenters. The Labute approximate surface area is 176 Å². The number of benzene rings is 2. The van der Waals surface area contributed by atoms with Gasteiger partial charge in [0.25, 0.3) is 0 Å². The summed E-state index contributed by atoms with van der Waals surface area (Å²) in [6, 6.07) is 10.1. The topological polar surface area (TPSA) is 70.6 Å². The highest BCUT2D eigenvalue weighted by Gasteiger charge is 2.27. The van der Waals surface area contributed by atoms with Gasteiger partial charge in [0, 0.05) is 26.2 Å². The smallest absolute Gasteiger partial charge is 0.238 e. The molecule has 29 heavy (non-hydrogen) atoms. The van der Waals surface area contributed by atoms with E-state index in [2.05, 4.69) is 9.88 Å². The normalized spacial score (nSPS) is 15.1. The molecule has 10 heteroatoms. The molecule has 0 spiro atoms. The quantitative estimate of drug-likeness (QED) is 0.567. The standard InChI is InChI=1S/C19H17ClFN3O3S2/c20-15-2-1-3-16-18(15)22-19(28-16)24-10-8-23(9-11-24)17(25)12-29(26,27)14-6-4-13(21)5-7-14/h1-7H,8-12H2. The van der Waals surface area contributed by atoms with Gasteiger partial charge in [-0.05, 0) is 36.4 Å². The van der Waals surface area contributed by atoms with E-state index in [-0.39, 0.29) is 4.90 Å². The number of anilines is 1. The van der Waals surface area contributed by atoms with Gasteiger partial charge in [-0.2, -0.15) is 0 Å². The Bertz CT molecular complexity index is 1160. The number of carbonyl (C=O) groups is 1. The predicted octanol–water partition coefficient (Wildman–Crippen LogP) is 3.21. The molecule has 1 fully saturated rings. The number of para-hydroxylation sites is 1. The molecular formula is C19H17ClFN3O3S2. The van der Waals surface area contributed by atoms with Crippen molar-refractivity contribution in [3.05, 3.63) is 53.3 Å². The highest BCUT2D eigenvalue weighted by atomic mass is 35.5. The van der Waals surface area contributed by atoms with Crippen LogP contribution < -0.4 is 4.90 Å². The van der Waals surface area contributed by atoms with Crippen LogP contribution in [0.1, 0.15) is 0 Å². The summed E-state index contributed by atoms with van der Waals surface area (Å²) in [5.41, 5.74) is 0.762. The maximum Gasteiger partial charge on any atom is 0.238 e. The minimum atomic E-state index is -3.81. The highest BCUT2D eigenvalue weighted by Crippen LogP contribution is 2.33. The lowest BCUT2D eigenvalue weighted by Gasteiger charge is -2.34. The van der Waals surface area contributed by atoms with Crippen molar-refractivity contribution >= 4 is 54.0 Å². The number of halogens is 2. The van der Waals surface area contributed by atoms with Crippen molar-refractivity contribution in [2.45, 2.75) is 4.90 Å². The van der Waals surface area contributed by atoms with E-state index < -0.39 is 27.3 Å². The SMILES string of the molecule is O=C(CS(=O)(=O)c1ccc(F)cc1)N1CCN(c2nc3c(Cl)cccc3s2)CC1. The zero-order valence-corrected chi connectivity index (χ0v) is 17.6. The summed E-state index contributed by atoms with van der Waals surface area (Å²) >= 11 is 7.73. The summed E-state index contributed by atoms with van der Waals surface area (Å²) in [6.07, 6.45) is 0. The number of rotatable bonds is 4. The number of hydrogen-bond acceptors (Lipinski definition) is 6. The molecule has 1 saturated heterocycles. The van der Waals surface area contributed by atoms with Crippen molar-refractivity contribution in [3.63, 3.8) is 0 Å². The molecule has 3 aromatic rings. The maximum atomic E-state index is 13.0. The first-order valence-corrected chi connectivity index (χ1v) is 11.7. The number of nitrogens with zero attached hydrogens (tertiary/aromatic N) is 3. The third kappa shape index (κ3) is 4.22. The third-order valence-corrected chi connectivity index (χ3v) is 7.75. The zero-order chi connectivity index (χ0) is 20.6. The van der Waals surface area contributed by atoms with Gasteiger partial charge in [-0.3, -0.25) is 4.79 Å². The van der Waals surface area contributed by atoms with Crippen LogP contribution in [-0.2, 0) is 14.6 Å². The largest absolute Gasteiger partial charge is 0.345 e. The molecule has 4 rings (SSSR count). The van der Waals surface area contributed by atoms with Crippen LogP contribution in [0.4, 0.5) is 9.52 Å². The first kappa shape index (κ1) is 20.1. The monoisotopic (exact) mass is 453 g/mol. The molecule has 1 amide bonds. The maximum absolute atomic E-state index is 13.0. The third-order valence-electron chi connectivity index (χ3n) is 4.75. The number of fused-ring (bicyclic) bond motifs is 1.